The third-order valence-corrected chi connectivity index (χ3v) is 8.95. The predicted molar refractivity (Wildman–Crippen MR) is 156 cm³/mol. The molecule has 8 nitrogen and oxygen atoms in total. The van der Waals surface area contributed by atoms with E-state index in [1.807, 2.05) is 13.8 Å². The molecule has 0 aromatic heterocycles. The van der Waals surface area contributed by atoms with Crippen LogP contribution in [-0.4, -0.2) is 41.7 Å². The van der Waals surface area contributed by atoms with E-state index in [1.165, 1.54) is 56.4 Å². The monoisotopic (exact) mass is 566 g/mol. The molecular weight excluding hydrogens is 528 g/mol. The van der Waals surface area contributed by atoms with Crippen LogP contribution in [0.1, 0.15) is 55.8 Å². The van der Waals surface area contributed by atoms with E-state index < -0.39 is 22.5 Å². The molecule has 40 heavy (non-hydrogen) atoms. The Hall–Kier alpha value is -3.72. The average Bonchev–Trinajstić information content (AvgIpc) is 2.98. The van der Waals surface area contributed by atoms with Crippen molar-refractivity contribution in [2.75, 3.05) is 31.7 Å². The van der Waals surface area contributed by atoms with E-state index in [1.54, 1.807) is 24.3 Å². The summed E-state index contributed by atoms with van der Waals surface area (Å²) in [6.45, 7) is 3.97. The highest BCUT2D eigenvalue weighted by Crippen LogP contribution is 2.33. The molecule has 1 aliphatic rings. The minimum Gasteiger partial charge on any atom is -0.494 e. The molecule has 214 valence electrons. The molecule has 1 unspecified atom stereocenters. The second-order valence-electron chi connectivity index (χ2n) is 9.72. The van der Waals surface area contributed by atoms with Crippen LogP contribution in [0.25, 0.3) is 0 Å². The number of anilines is 1. The van der Waals surface area contributed by atoms with Gasteiger partial charge >= 0.3 is 0 Å². The standard InChI is InChI=1S/C31H38N2O6S/c1-5-28(24-12-11-22-9-7-8-10-23(22)19-24)32-31(34)21-33(25-13-15-26(16-14-25)39-6-2)40(35,36)27-17-18-29(37-3)30(20-27)38-4/h11-20,28H,5-10,21H2,1-4H3,(H,32,34). The van der Waals surface area contributed by atoms with E-state index in [2.05, 4.69) is 23.5 Å². The van der Waals surface area contributed by atoms with Crippen molar-refractivity contribution in [1.29, 1.82) is 0 Å². The average molecular weight is 567 g/mol. The quantitative estimate of drug-likeness (QED) is 0.314. The Labute approximate surface area is 237 Å². The summed E-state index contributed by atoms with van der Waals surface area (Å²) in [5.41, 5.74) is 4.09. The predicted octanol–water partition coefficient (Wildman–Crippen LogP) is 5.44. The smallest absolute Gasteiger partial charge is 0.264 e. The number of nitrogens with one attached hydrogen (secondary N) is 1. The fraction of sp³-hybridized carbons (Fsp3) is 0.387. The van der Waals surface area contributed by atoms with Gasteiger partial charge < -0.3 is 19.5 Å². The normalized spacial score (nSPS) is 13.6. The first-order valence-corrected chi connectivity index (χ1v) is 15.1. The summed E-state index contributed by atoms with van der Waals surface area (Å²) in [7, 11) is -1.23. The number of ether oxygens (including phenoxy) is 3. The number of amides is 1. The van der Waals surface area contributed by atoms with Gasteiger partial charge in [0.1, 0.15) is 12.3 Å². The van der Waals surface area contributed by atoms with Gasteiger partial charge in [0.15, 0.2) is 11.5 Å². The van der Waals surface area contributed by atoms with Crippen LogP contribution in [0.15, 0.2) is 65.6 Å². The Morgan fingerprint density at radius 1 is 0.900 bits per heavy atom. The summed E-state index contributed by atoms with van der Waals surface area (Å²) < 4.78 is 45.1. The van der Waals surface area contributed by atoms with Crippen LogP contribution in [0, 0.1) is 0 Å². The lowest BCUT2D eigenvalue weighted by Crippen LogP contribution is -2.42. The number of benzene rings is 3. The molecule has 4 rings (SSSR count). The van der Waals surface area contributed by atoms with Crippen molar-refractivity contribution in [2.24, 2.45) is 0 Å². The van der Waals surface area contributed by atoms with Gasteiger partial charge in [0, 0.05) is 6.07 Å². The van der Waals surface area contributed by atoms with Gasteiger partial charge in [0.2, 0.25) is 5.91 Å². The number of sulfonamides is 1. The van der Waals surface area contributed by atoms with Crippen LogP contribution in [0.2, 0.25) is 0 Å². The number of carbonyl (C=O) groups is 1. The summed E-state index contributed by atoms with van der Waals surface area (Å²) in [4.78, 5) is 13.4. The number of hydrogen-bond acceptors (Lipinski definition) is 6. The lowest BCUT2D eigenvalue weighted by Gasteiger charge is -2.26. The van der Waals surface area contributed by atoms with Crippen molar-refractivity contribution in [3.63, 3.8) is 0 Å². The zero-order valence-electron chi connectivity index (χ0n) is 23.6. The van der Waals surface area contributed by atoms with Crippen molar-refractivity contribution in [2.45, 2.75) is 56.9 Å². The topological polar surface area (TPSA) is 94.2 Å². The maximum atomic E-state index is 14.0. The van der Waals surface area contributed by atoms with Crippen molar-refractivity contribution in [1.82, 2.24) is 5.32 Å². The number of nitrogens with zero attached hydrogens (tertiary/aromatic N) is 1. The van der Waals surface area contributed by atoms with E-state index in [0.717, 1.165) is 22.7 Å². The Morgan fingerprint density at radius 2 is 1.60 bits per heavy atom. The molecular formula is C31H38N2O6S. The van der Waals surface area contributed by atoms with Gasteiger partial charge in [-0.1, -0.05) is 25.1 Å². The van der Waals surface area contributed by atoms with Gasteiger partial charge in [-0.25, -0.2) is 8.42 Å². The summed E-state index contributed by atoms with van der Waals surface area (Å²) in [6.07, 6.45) is 5.18. The lowest BCUT2D eigenvalue weighted by atomic mass is 9.89. The number of rotatable bonds is 12. The molecule has 9 heteroatoms. The van der Waals surface area contributed by atoms with Crippen LogP contribution in [0.5, 0.6) is 17.2 Å². The Balaban J connectivity index is 1.63. The van der Waals surface area contributed by atoms with Crippen LogP contribution in [0.4, 0.5) is 5.69 Å². The zero-order chi connectivity index (χ0) is 28.7. The highest BCUT2D eigenvalue weighted by Gasteiger charge is 2.29. The van der Waals surface area contributed by atoms with Crippen molar-refractivity contribution in [3.05, 3.63) is 77.4 Å². The minimum absolute atomic E-state index is 0.0198. The number of aryl methyl sites for hydroxylation is 2. The molecule has 0 radical (unpaired) electrons. The first-order valence-electron chi connectivity index (χ1n) is 13.7. The summed E-state index contributed by atoms with van der Waals surface area (Å²) in [5.74, 6) is 0.890. The van der Waals surface area contributed by atoms with Gasteiger partial charge in [-0.05, 0) is 92.1 Å². The summed E-state index contributed by atoms with van der Waals surface area (Å²) >= 11 is 0. The third kappa shape index (κ3) is 6.53. The molecule has 0 aliphatic heterocycles. The van der Waals surface area contributed by atoms with Crippen molar-refractivity contribution < 1.29 is 27.4 Å². The molecule has 0 spiro atoms. The molecule has 3 aromatic rings. The molecule has 0 saturated heterocycles. The van der Waals surface area contributed by atoms with E-state index in [4.69, 9.17) is 14.2 Å². The van der Waals surface area contributed by atoms with Crippen molar-refractivity contribution in [3.8, 4) is 17.2 Å². The first-order chi connectivity index (χ1) is 19.3. The molecule has 1 atom stereocenters. The number of methoxy groups -OCH3 is 2. The van der Waals surface area contributed by atoms with Gasteiger partial charge in [-0.2, -0.15) is 0 Å². The number of hydrogen-bond donors (Lipinski definition) is 1. The van der Waals surface area contributed by atoms with E-state index in [-0.39, 0.29) is 16.7 Å². The van der Waals surface area contributed by atoms with Crippen molar-refractivity contribution >= 4 is 21.6 Å². The molecule has 1 aliphatic carbocycles. The van der Waals surface area contributed by atoms with Gasteiger partial charge in [-0.3, -0.25) is 9.10 Å². The van der Waals surface area contributed by atoms with E-state index >= 15 is 0 Å². The second kappa shape index (κ2) is 13.1. The fourth-order valence-electron chi connectivity index (χ4n) is 5.06. The highest BCUT2D eigenvalue weighted by atomic mass is 32.2. The largest absolute Gasteiger partial charge is 0.494 e. The fourth-order valence-corrected chi connectivity index (χ4v) is 6.49. The molecule has 3 aromatic carbocycles. The third-order valence-electron chi connectivity index (χ3n) is 7.18. The molecule has 0 saturated carbocycles. The van der Waals surface area contributed by atoms with E-state index in [9.17, 15) is 13.2 Å². The Morgan fingerprint density at radius 3 is 2.25 bits per heavy atom. The molecule has 1 N–H and O–H groups in total. The summed E-state index contributed by atoms with van der Waals surface area (Å²) in [6, 6.07) is 17.2. The highest BCUT2D eigenvalue weighted by molar-refractivity contribution is 7.92. The molecule has 0 heterocycles. The Kier molecular flexibility index (Phi) is 9.58. The van der Waals surface area contributed by atoms with Gasteiger partial charge in [0.05, 0.1) is 37.5 Å². The number of carbonyl (C=O) groups excluding carboxylic acids is 1. The minimum atomic E-state index is -4.15. The van der Waals surface area contributed by atoms with Gasteiger partial charge in [-0.15, -0.1) is 0 Å². The first kappa shape index (κ1) is 29.3. The molecule has 1 amide bonds. The van der Waals surface area contributed by atoms with Crippen LogP contribution in [0.3, 0.4) is 0 Å². The number of fused-ring (bicyclic) bond motifs is 1. The van der Waals surface area contributed by atoms with Crippen LogP contribution >= 0.6 is 0 Å². The maximum absolute atomic E-state index is 14.0. The Bertz CT molecular complexity index is 1420. The lowest BCUT2D eigenvalue weighted by molar-refractivity contribution is -0.120. The van der Waals surface area contributed by atoms with E-state index in [0.29, 0.717) is 30.2 Å². The zero-order valence-corrected chi connectivity index (χ0v) is 24.4. The molecule has 0 fully saturated rings. The van der Waals surface area contributed by atoms with Crippen LogP contribution in [-0.2, 0) is 27.7 Å². The maximum Gasteiger partial charge on any atom is 0.264 e. The van der Waals surface area contributed by atoms with Gasteiger partial charge in [0.25, 0.3) is 10.0 Å². The molecule has 0 bridgehead atoms. The second-order valence-corrected chi connectivity index (χ2v) is 11.6. The SMILES string of the molecule is CCOc1ccc(N(CC(=O)NC(CC)c2ccc3c(c2)CCCC3)S(=O)(=O)c2ccc(OC)c(OC)c2)cc1. The summed E-state index contributed by atoms with van der Waals surface area (Å²) in [5, 5.41) is 3.07. The van der Waals surface area contributed by atoms with Crippen LogP contribution < -0.4 is 23.8 Å².